The number of carbonyl (C=O) groups excluding carboxylic acids is 1. The molecule has 6 heteroatoms. The van der Waals surface area contributed by atoms with E-state index in [1.807, 2.05) is 0 Å². The Bertz CT molecular complexity index is 570. The molecule has 0 fully saturated rings. The molecule has 2 rings (SSSR count). The van der Waals surface area contributed by atoms with Crippen molar-refractivity contribution >= 4 is 11.6 Å². The molecule has 2 heterocycles. The van der Waals surface area contributed by atoms with Crippen LogP contribution in [0.5, 0.6) is 0 Å². The summed E-state index contributed by atoms with van der Waals surface area (Å²) in [5, 5.41) is 6.48. The third kappa shape index (κ3) is 2.00. The molecule has 0 spiro atoms. The zero-order valence-electron chi connectivity index (χ0n) is 8.60. The predicted molar refractivity (Wildman–Crippen MR) is 58.2 cm³/mol. The number of nitrogens with zero attached hydrogens (tertiary/aromatic N) is 2. The first-order chi connectivity index (χ1) is 7.66. The molecule has 6 nitrogen and oxygen atoms in total. The van der Waals surface area contributed by atoms with Crippen LogP contribution in [0.2, 0.25) is 0 Å². The van der Waals surface area contributed by atoms with Gasteiger partial charge in [-0.1, -0.05) is 0 Å². The highest BCUT2D eigenvalue weighted by atomic mass is 16.2. The van der Waals surface area contributed by atoms with Crippen molar-refractivity contribution in [3.05, 3.63) is 46.6 Å². The third-order valence-corrected chi connectivity index (χ3v) is 2.03. The van der Waals surface area contributed by atoms with Crippen molar-refractivity contribution in [3.8, 4) is 0 Å². The maximum Gasteiger partial charge on any atom is 0.261 e. The van der Waals surface area contributed by atoms with Crippen molar-refractivity contribution in [3.63, 3.8) is 0 Å². The number of carbonyl (C=O) groups is 1. The molecule has 0 aliphatic carbocycles. The summed E-state index contributed by atoms with van der Waals surface area (Å²) in [5.74, 6) is -0.449. The molecule has 2 N–H and O–H groups in total. The maximum atomic E-state index is 11.7. The van der Waals surface area contributed by atoms with Crippen molar-refractivity contribution in [1.29, 1.82) is 0 Å². The van der Waals surface area contributed by atoms with Gasteiger partial charge in [-0.15, -0.1) is 0 Å². The smallest absolute Gasteiger partial charge is 0.261 e. The molecule has 0 aliphatic rings. The lowest BCUT2D eigenvalue weighted by Crippen LogP contribution is -2.20. The van der Waals surface area contributed by atoms with E-state index in [2.05, 4.69) is 15.4 Å². The number of hydrogen-bond donors (Lipinski definition) is 2. The van der Waals surface area contributed by atoms with Crippen LogP contribution in [0.15, 0.2) is 35.6 Å². The van der Waals surface area contributed by atoms with Crippen LogP contribution in [0.1, 0.15) is 10.4 Å². The van der Waals surface area contributed by atoms with Gasteiger partial charge in [0.15, 0.2) is 5.43 Å². The Morgan fingerprint density at radius 1 is 1.56 bits per heavy atom. The number of amides is 1. The van der Waals surface area contributed by atoms with Crippen LogP contribution in [0, 0.1) is 0 Å². The Labute approximate surface area is 90.9 Å². The highest BCUT2D eigenvalue weighted by Crippen LogP contribution is 2.04. The lowest BCUT2D eigenvalue weighted by Gasteiger charge is -2.00. The Hall–Kier alpha value is -2.37. The van der Waals surface area contributed by atoms with Crippen LogP contribution in [-0.4, -0.2) is 20.7 Å². The summed E-state index contributed by atoms with van der Waals surface area (Å²) in [6.45, 7) is 0. The van der Waals surface area contributed by atoms with Crippen LogP contribution in [0.25, 0.3) is 0 Å². The molecule has 82 valence electrons. The van der Waals surface area contributed by atoms with Crippen molar-refractivity contribution in [2.75, 3.05) is 5.32 Å². The number of rotatable bonds is 2. The first-order valence-electron chi connectivity index (χ1n) is 4.64. The molecule has 2 aromatic heterocycles. The fourth-order valence-electron chi connectivity index (χ4n) is 1.28. The van der Waals surface area contributed by atoms with Gasteiger partial charge >= 0.3 is 0 Å². The van der Waals surface area contributed by atoms with Gasteiger partial charge in [-0.2, -0.15) is 5.10 Å². The molecule has 0 radical (unpaired) electrons. The van der Waals surface area contributed by atoms with E-state index in [0.717, 1.165) is 0 Å². The summed E-state index contributed by atoms with van der Waals surface area (Å²) in [5.41, 5.74) is 0.308. The number of aryl methyl sites for hydroxylation is 1. The average molecular weight is 218 g/mol. The van der Waals surface area contributed by atoms with Crippen molar-refractivity contribution in [2.24, 2.45) is 7.05 Å². The van der Waals surface area contributed by atoms with Gasteiger partial charge < -0.3 is 10.3 Å². The Morgan fingerprint density at radius 2 is 2.38 bits per heavy atom. The maximum absolute atomic E-state index is 11.7. The fraction of sp³-hybridized carbons (Fsp3) is 0.100. The molecule has 0 aliphatic heterocycles. The molecule has 0 atom stereocenters. The van der Waals surface area contributed by atoms with Crippen LogP contribution >= 0.6 is 0 Å². The zero-order chi connectivity index (χ0) is 11.5. The molecular formula is C10H10N4O2. The lowest BCUT2D eigenvalue weighted by molar-refractivity contribution is 0.102. The molecular weight excluding hydrogens is 208 g/mol. The normalized spacial score (nSPS) is 10.1. The number of nitrogens with one attached hydrogen (secondary N) is 2. The van der Waals surface area contributed by atoms with E-state index in [9.17, 15) is 9.59 Å². The average Bonchev–Trinajstić information content (AvgIpc) is 2.64. The summed E-state index contributed by atoms with van der Waals surface area (Å²) in [4.78, 5) is 25.7. The number of pyridine rings is 1. The van der Waals surface area contributed by atoms with Gasteiger partial charge in [0.05, 0.1) is 11.9 Å². The van der Waals surface area contributed by atoms with Crippen LogP contribution in [0.3, 0.4) is 0 Å². The SMILES string of the molecule is Cn1cc(NC(=O)c2c[nH]ccc2=O)cn1. The highest BCUT2D eigenvalue weighted by Gasteiger charge is 2.10. The number of H-pyrrole nitrogens is 1. The molecule has 0 aromatic carbocycles. The van der Waals surface area contributed by atoms with Gasteiger partial charge in [0.25, 0.3) is 5.91 Å². The van der Waals surface area contributed by atoms with E-state index >= 15 is 0 Å². The second-order valence-electron chi connectivity index (χ2n) is 3.28. The summed E-state index contributed by atoms with van der Waals surface area (Å²) in [7, 11) is 1.74. The molecule has 0 unspecified atom stereocenters. The van der Waals surface area contributed by atoms with E-state index in [4.69, 9.17) is 0 Å². The molecule has 0 saturated heterocycles. The Balaban J connectivity index is 2.21. The molecule has 2 aromatic rings. The summed E-state index contributed by atoms with van der Waals surface area (Å²) < 4.78 is 1.56. The second-order valence-corrected chi connectivity index (χ2v) is 3.28. The van der Waals surface area contributed by atoms with Crippen molar-refractivity contribution in [2.45, 2.75) is 0 Å². The summed E-state index contributed by atoms with van der Waals surface area (Å²) in [6.07, 6.45) is 6.00. The third-order valence-electron chi connectivity index (χ3n) is 2.03. The van der Waals surface area contributed by atoms with Gasteiger partial charge in [0.1, 0.15) is 5.56 Å². The summed E-state index contributed by atoms with van der Waals surface area (Å²) in [6, 6.07) is 1.30. The topological polar surface area (TPSA) is 79.8 Å². The van der Waals surface area contributed by atoms with Gasteiger partial charge in [-0.25, -0.2) is 0 Å². The largest absolute Gasteiger partial charge is 0.367 e. The van der Waals surface area contributed by atoms with E-state index in [1.165, 1.54) is 24.7 Å². The number of aromatic nitrogens is 3. The van der Waals surface area contributed by atoms with E-state index < -0.39 is 5.91 Å². The molecule has 0 saturated carbocycles. The van der Waals surface area contributed by atoms with Crippen molar-refractivity contribution in [1.82, 2.24) is 14.8 Å². The first-order valence-corrected chi connectivity index (χ1v) is 4.64. The highest BCUT2D eigenvalue weighted by molar-refractivity contribution is 6.03. The van der Waals surface area contributed by atoms with E-state index in [-0.39, 0.29) is 11.0 Å². The minimum absolute atomic E-state index is 0.0753. The molecule has 16 heavy (non-hydrogen) atoms. The first kappa shape index (κ1) is 10.2. The van der Waals surface area contributed by atoms with E-state index in [0.29, 0.717) is 5.69 Å². The zero-order valence-corrected chi connectivity index (χ0v) is 8.60. The fourth-order valence-corrected chi connectivity index (χ4v) is 1.28. The minimum Gasteiger partial charge on any atom is -0.367 e. The Morgan fingerprint density at radius 3 is 3.00 bits per heavy atom. The van der Waals surface area contributed by atoms with Crippen LogP contribution < -0.4 is 10.7 Å². The summed E-state index contributed by atoms with van der Waals surface area (Å²) >= 11 is 0. The predicted octanol–water partition coefficient (Wildman–Crippen LogP) is 0.361. The lowest BCUT2D eigenvalue weighted by atomic mass is 10.2. The Kier molecular flexibility index (Phi) is 2.55. The number of anilines is 1. The second kappa shape index (κ2) is 4.01. The minimum atomic E-state index is -0.449. The van der Waals surface area contributed by atoms with Crippen molar-refractivity contribution < 1.29 is 4.79 Å². The van der Waals surface area contributed by atoms with E-state index in [1.54, 1.807) is 17.9 Å². The quantitative estimate of drug-likeness (QED) is 0.763. The standard InChI is InChI=1S/C10H10N4O2/c1-14-6-7(4-12-14)13-10(16)8-5-11-3-2-9(8)15/h2-6H,1H3,(H,11,15)(H,13,16). The number of hydrogen-bond acceptors (Lipinski definition) is 3. The van der Waals surface area contributed by atoms with Gasteiger partial charge in [0.2, 0.25) is 0 Å². The molecule has 0 bridgehead atoms. The monoisotopic (exact) mass is 218 g/mol. The molecule has 1 amide bonds. The van der Waals surface area contributed by atoms with Crippen LogP contribution in [0.4, 0.5) is 5.69 Å². The van der Waals surface area contributed by atoms with Gasteiger partial charge in [-0.05, 0) is 0 Å². The van der Waals surface area contributed by atoms with Gasteiger partial charge in [-0.3, -0.25) is 14.3 Å². The van der Waals surface area contributed by atoms with Gasteiger partial charge in [0, 0.05) is 31.7 Å². The van der Waals surface area contributed by atoms with Crippen LogP contribution in [-0.2, 0) is 7.05 Å². The number of aromatic amines is 1.